The second-order valence-electron chi connectivity index (χ2n) is 7.02. The number of hydrogen-bond acceptors (Lipinski definition) is 5. The van der Waals surface area contributed by atoms with Crippen LogP contribution >= 0.6 is 0 Å². The lowest BCUT2D eigenvalue weighted by molar-refractivity contribution is -0.148. The van der Waals surface area contributed by atoms with Crippen LogP contribution in [-0.4, -0.2) is 45.4 Å². The first-order valence-electron chi connectivity index (χ1n) is 7.21. The molecule has 0 spiro atoms. The number of nitrogens with one attached hydrogen (secondary N) is 1. The Hall–Kier alpha value is -1.14. The molecule has 0 unspecified atom stereocenters. The Morgan fingerprint density at radius 3 is 1.95 bits per heavy atom. The number of aliphatic hydroxyl groups excluding tert-OH is 1. The second-order valence-corrected chi connectivity index (χ2v) is 7.02. The van der Waals surface area contributed by atoms with Gasteiger partial charge in [-0.15, -0.1) is 0 Å². The number of carbonyl (C=O) groups excluding carboxylic acids is 2. The minimum Gasteiger partial charge on any atom is -0.444 e. The Bertz CT molecular complexity index is 369. The van der Waals surface area contributed by atoms with Crippen LogP contribution in [-0.2, 0) is 9.53 Å². The summed E-state index contributed by atoms with van der Waals surface area (Å²) >= 11 is 0. The van der Waals surface area contributed by atoms with E-state index in [0.717, 1.165) is 0 Å². The Morgan fingerprint density at radius 1 is 1.14 bits per heavy atom. The molecule has 0 aromatic rings. The fraction of sp³-hybridized carbons (Fsp3) is 0.867. The monoisotopic (exact) mass is 303 g/mol. The van der Waals surface area contributed by atoms with Gasteiger partial charge in [0.05, 0.1) is 12.1 Å². The average Bonchev–Trinajstić information content (AvgIpc) is 2.23. The van der Waals surface area contributed by atoms with Crippen LogP contribution in [0, 0.1) is 5.92 Å². The summed E-state index contributed by atoms with van der Waals surface area (Å²) in [7, 11) is 0. The third kappa shape index (κ3) is 6.91. The summed E-state index contributed by atoms with van der Waals surface area (Å²) in [4.78, 5) is 24.2. The van der Waals surface area contributed by atoms with E-state index < -0.39 is 35.2 Å². The number of aliphatic hydroxyl groups is 2. The van der Waals surface area contributed by atoms with Crippen molar-refractivity contribution in [3.8, 4) is 0 Å². The van der Waals surface area contributed by atoms with Gasteiger partial charge in [-0.2, -0.15) is 0 Å². The van der Waals surface area contributed by atoms with Gasteiger partial charge in [-0.05, 0) is 47.0 Å². The van der Waals surface area contributed by atoms with Crippen molar-refractivity contribution in [2.45, 2.75) is 78.2 Å². The van der Waals surface area contributed by atoms with Crippen LogP contribution in [0.5, 0.6) is 0 Å². The van der Waals surface area contributed by atoms with Crippen LogP contribution in [0.1, 0.15) is 54.9 Å². The van der Waals surface area contributed by atoms with E-state index in [1.807, 2.05) is 13.8 Å². The molecule has 3 N–H and O–H groups in total. The van der Waals surface area contributed by atoms with Gasteiger partial charge >= 0.3 is 6.09 Å². The third-order valence-electron chi connectivity index (χ3n) is 3.03. The van der Waals surface area contributed by atoms with Crippen LogP contribution in [0.25, 0.3) is 0 Å². The quantitative estimate of drug-likeness (QED) is 0.693. The number of rotatable bonds is 6. The molecule has 0 aromatic heterocycles. The van der Waals surface area contributed by atoms with Crippen molar-refractivity contribution in [2.24, 2.45) is 5.92 Å². The summed E-state index contributed by atoms with van der Waals surface area (Å²) in [6.45, 7) is 11.5. The zero-order valence-corrected chi connectivity index (χ0v) is 14.1. The van der Waals surface area contributed by atoms with Crippen molar-refractivity contribution in [1.82, 2.24) is 5.32 Å². The highest BCUT2D eigenvalue weighted by Gasteiger charge is 2.41. The van der Waals surface area contributed by atoms with Gasteiger partial charge in [0, 0.05) is 0 Å². The van der Waals surface area contributed by atoms with E-state index in [9.17, 15) is 19.8 Å². The number of alkyl carbamates (subject to hydrolysis) is 1. The van der Waals surface area contributed by atoms with Crippen LogP contribution in [0.4, 0.5) is 4.79 Å². The van der Waals surface area contributed by atoms with E-state index in [-0.39, 0.29) is 5.92 Å². The summed E-state index contributed by atoms with van der Waals surface area (Å²) in [6, 6.07) is -0.913. The molecule has 6 heteroatoms. The first-order valence-corrected chi connectivity index (χ1v) is 7.21. The Morgan fingerprint density at radius 2 is 1.62 bits per heavy atom. The molecule has 3 atom stereocenters. The van der Waals surface area contributed by atoms with Crippen molar-refractivity contribution < 1.29 is 24.5 Å². The van der Waals surface area contributed by atoms with Crippen molar-refractivity contribution in [3.05, 3.63) is 0 Å². The van der Waals surface area contributed by atoms with Gasteiger partial charge in [-0.1, -0.05) is 13.8 Å². The van der Waals surface area contributed by atoms with Crippen molar-refractivity contribution in [3.63, 3.8) is 0 Å². The van der Waals surface area contributed by atoms with E-state index >= 15 is 0 Å². The van der Waals surface area contributed by atoms with E-state index in [1.54, 1.807) is 20.8 Å². The van der Waals surface area contributed by atoms with E-state index in [2.05, 4.69) is 5.32 Å². The standard InChI is InChI=1S/C15H29NO5/c1-9(2)8-11(12(18)15(7,20)10(3)17)16-13(19)21-14(4,5)6/h9-11,17,20H,8H2,1-7H3,(H,16,19)/t10-,11+,15+/m0/s1. The SMILES string of the molecule is CC(C)C[C@@H](NC(=O)OC(C)(C)C)C(=O)[C@](C)(O)[C@H](C)O. The van der Waals surface area contributed by atoms with Crippen LogP contribution in [0.3, 0.4) is 0 Å². The summed E-state index contributed by atoms with van der Waals surface area (Å²) in [5.74, 6) is -0.504. The molecular weight excluding hydrogens is 274 g/mol. The van der Waals surface area contributed by atoms with Crippen LogP contribution < -0.4 is 5.32 Å². The lowest BCUT2D eigenvalue weighted by Gasteiger charge is -2.31. The van der Waals surface area contributed by atoms with Gasteiger partial charge in [-0.25, -0.2) is 4.79 Å². The van der Waals surface area contributed by atoms with Crippen LogP contribution in [0.2, 0.25) is 0 Å². The highest BCUT2D eigenvalue weighted by atomic mass is 16.6. The fourth-order valence-corrected chi connectivity index (χ4v) is 1.71. The lowest BCUT2D eigenvalue weighted by Crippen LogP contribution is -2.56. The summed E-state index contributed by atoms with van der Waals surface area (Å²) < 4.78 is 5.13. The second kappa shape index (κ2) is 7.22. The maximum atomic E-state index is 12.4. The lowest BCUT2D eigenvalue weighted by atomic mass is 9.87. The molecule has 0 bridgehead atoms. The number of ketones is 1. The van der Waals surface area contributed by atoms with E-state index in [4.69, 9.17) is 4.74 Å². The van der Waals surface area contributed by atoms with Gasteiger partial charge < -0.3 is 20.3 Å². The summed E-state index contributed by atoms with van der Waals surface area (Å²) in [5.41, 5.74) is -2.60. The molecule has 0 aliphatic carbocycles. The molecule has 6 nitrogen and oxygen atoms in total. The predicted octanol–water partition coefficient (Wildman–Crippen LogP) is 1.63. The number of amides is 1. The Kier molecular flexibility index (Phi) is 6.83. The maximum Gasteiger partial charge on any atom is 0.408 e. The Balaban J connectivity index is 5.05. The molecule has 0 heterocycles. The maximum absolute atomic E-state index is 12.4. The van der Waals surface area contributed by atoms with Gasteiger partial charge in [0.25, 0.3) is 0 Å². The topological polar surface area (TPSA) is 95.9 Å². The smallest absolute Gasteiger partial charge is 0.408 e. The minimum atomic E-state index is -1.92. The van der Waals surface area contributed by atoms with Crippen LogP contribution in [0.15, 0.2) is 0 Å². The van der Waals surface area contributed by atoms with Crippen molar-refractivity contribution in [2.75, 3.05) is 0 Å². The predicted molar refractivity (Wildman–Crippen MR) is 79.9 cm³/mol. The molecule has 0 aliphatic heterocycles. The fourth-order valence-electron chi connectivity index (χ4n) is 1.71. The average molecular weight is 303 g/mol. The zero-order chi connectivity index (χ0) is 17.0. The van der Waals surface area contributed by atoms with Gasteiger partial charge in [0.1, 0.15) is 11.2 Å². The summed E-state index contributed by atoms with van der Waals surface area (Å²) in [5, 5.41) is 22.1. The molecule has 0 radical (unpaired) electrons. The van der Waals surface area contributed by atoms with Crippen molar-refractivity contribution >= 4 is 11.9 Å². The first kappa shape index (κ1) is 19.9. The Labute approximate surface area is 126 Å². The highest BCUT2D eigenvalue weighted by Crippen LogP contribution is 2.18. The molecule has 0 rings (SSSR count). The number of Topliss-reactive ketones (excluding diaryl/α,β-unsaturated/α-hetero) is 1. The summed E-state index contributed by atoms with van der Waals surface area (Å²) in [6.07, 6.45) is -1.61. The van der Waals surface area contributed by atoms with E-state index in [0.29, 0.717) is 6.42 Å². The molecule has 0 aliphatic rings. The zero-order valence-electron chi connectivity index (χ0n) is 14.1. The van der Waals surface area contributed by atoms with Gasteiger partial charge in [0.2, 0.25) is 0 Å². The highest BCUT2D eigenvalue weighted by molar-refractivity contribution is 5.94. The molecule has 0 fully saturated rings. The normalized spacial score (nSPS) is 17.8. The number of ether oxygens (including phenoxy) is 1. The van der Waals surface area contributed by atoms with E-state index in [1.165, 1.54) is 13.8 Å². The molecular formula is C15H29NO5. The molecule has 0 saturated carbocycles. The van der Waals surface area contributed by atoms with Crippen molar-refractivity contribution in [1.29, 1.82) is 0 Å². The van der Waals surface area contributed by atoms with Gasteiger partial charge in [-0.3, -0.25) is 4.79 Å². The number of hydrogen-bond donors (Lipinski definition) is 3. The van der Waals surface area contributed by atoms with Gasteiger partial charge in [0.15, 0.2) is 5.78 Å². The first-order chi connectivity index (χ1) is 9.27. The molecule has 0 aromatic carbocycles. The largest absolute Gasteiger partial charge is 0.444 e. The molecule has 1 amide bonds. The third-order valence-corrected chi connectivity index (χ3v) is 3.03. The minimum absolute atomic E-state index is 0.124. The molecule has 124 valence electrons. The number of carbonyl (C=O) groups is 2. The molecule has 21 heavy (non-hydrogen) atoms. The molecule has 0 saturated heterocycles.